The molecule has 1 aromatic carbocycles. The number of aliphatic hydroxyl groups is 1. The molecule has 2 nitrogen and oxygen atoms in total. The number of ether oxygens (including phenoxy) is 1. The molecule has 0 fully saturated rings. The lowest BCUT2D eigenvalue weighted by atomic mass is 10.2. The Labute approximate surface area is 98.7 Å². The summed E-state index contributed by atoms with van der Waals surface area (Å²) in [7, 11) is 0. The van der Waals surface area contributed by atoms with Crippen molar-refractivity contribution >= 4 is 15.9 Å². The van der Waals surface area contributed by atoms with Gasteiger partial charge in [0.2, 0.25) is 0 Å². The van der Waals surface area contributed by atoms with Gasteiger partial charge in [0.25, 0.3) is 0 Å². The monoisotopic (exact) mass is 270 g/mol. The predicted octanol–water partition coefficient (Wildman–Crippen LogP) is 3.29. The summed E-state index contributed by atoms with van der Waals surface area (Å²) in [6, 6.07) is 5.61. The maximum atomic E-state index is 9.13. The summed E-state index contributed by atoms with van der Waals surface area (Å²) in [5.41, 5.74) is 1.89. The maximum absolute atomic E-state index is 9.13. The van der Waals surface area contributed by atoms with E-state index >= 15 is 0 Å². The van der Waals surface area contributed by atoms with Crippen LogP contribution in [0.25, 0.3) is 0 Å². The average molecular weight is 271 g/mol. The van der Waals surface area contributed by atoms with Crippen molar-refractivity contribution in [2.24, 2.45) is 0 Å². The number of hydrogen-bond acceptors (Lipinski definition) is 2. The Morgan fingerprint density at radius 2 is 2.27 bits per heavy atom. The molecule has 0 atom stereocenters. The summed E-state index contributed by atoms with van der Waals surface area (Å²) in [6.07, 6.45) is 0.834. The highest BCUT2D eigenvalue weighted by atomic mass is 79.9. The standard InChI is InChI=1S/C12H15BrO2/c1-9(2)5-6-15-12-4-3-11(13)7-10(12)8-14/h3-4,7,14H,1,5-6,8H2,2H3. The van der Waals surface area contributed by atoms with Gasteiger partial charge in [-0.2, -0.15) is 0 Å². The van der Waals surface area contributed by atoms with Crippen molar-refractivity contribution < 1.29 is 9.84 Å². The summed E-state index contributed by atoms with van der Waals surface area (Å²) in [5.74, 6) is 0.738. The molecule has 0 unspecified atom stereocenters. The van der Waals surface area contributed by atoms with Crippen molar-refractivity contribution in [3.8, 4) is 5.75 Å². The van der Waals surface area contributed by atoms with Crippen molar-refractivity contribution in [2.45, 2.75) is 20.0 Å². The van der Waals surface area contributed by atoms with Crippen LogP contribution in [0.3, 0.4) is 0 Å². The van der Waals surface area contributed by atoms with Gasteiger partial charge in [0.05, 0.1) is 13.2 Å². The molecule has 0 radical (unpaired) electrons. The maximum Gasteiger partial charge on any atom is 0.124 e. The van der Waals surface area contributed by atoms with Crippen molar-refractivity contribution in [1.82, 2.24) is 0 Å². The van der Waals surface area contributed by atoms with Gasteiger partial charge >= 0.3 is 0 Å². The highest BCUT2D eigenvalue weighted by Gasteiger charge is 2.03. The smallest absolute Gasteiger partial charge is 0.124 e. The van der Waals surface area contributed by atoms with Crippen LogP contribution in [-0.2, 0) is 6.61 Å². The molecule has 0 saturated carbocycles. The Hall–Kier alpha value is -0.800. The van der Waals surface area contributed by atoms with Crippen LogP contribution in [0.1, 0.15) is 18.9 Å². The third kappa shape index (κ3) is 4.06. The van der Waals surface area contributed by atoms with E-state index in [9.17, 15) is 0 Å². The molecule has 0 aromatic heterocycles. The minimum absolute atomic E-state index is 0.0121. The molecule has 0 spiro atoms. The minimum atomic E-state index is -0.0121. The number of benzene rings is 1. The Bertz CT molecular complexity index is 347. The van der Waals surface area contributed by atoms with E-state index in [0.29, 0.717) is 6.61 Å². The third-order valence-electron chi connectivity index (χ3n) is 1.98. The number of hydrogen-bond donors (Lipinski definition) is 1. The molecule has 0 amide bonds. The first-order chi connectivity index (χ1) is 7.13. The van der Waals surface area contributed by atoms with E-state index in [0.717, 1.165) is 27.8 Å². The van der Waals surface area contributed by atoms with Crippen molar-refractivity contribution in [2.75, 3.05) is 6.61 Å². The lowest BCUT2D eigenvalue weighted by Gasteiger charge is -2.10. The number of halogens is 1. The van der Waals surface area contributed by atoms with Gasteiger partial charge in [-0.25, -0.2) is 0 Å². The normalized spacial score (nSPS) is 10.1. The first-order valence-electron chi connectivity index (χ1n) is 4.80. The molecular formula is C12H15BrO2. The fourth-order valence-electron chi connectivity index (χ4n) is 1.15. The molecule has 1 N–H and O–H groups in total. The van der Waals surface area contributed by atoms with E-state index in [4.69, 9.17) is 9.84 Å². The summed E-state index contributed by atoms with van der Waals surface area (Å²) in [6.45, 7) is 6.37. The molecular weight excluding hydrogens is 256 g/mol. The van der Waals surface area contributed by atoms with Gasteiger partial charge in [0.15, 0.2) is 0 Å². The SMILES string of the molecule is C=C(C)CCOc1ccc(Br)cc1CO. The van der Waals surface area contributed by atoms with E-state index in [-0.39, 0.29) is 6.61 Å². The Kier molecular flexibility index (Phi) is 4.85. The zero-order valence-corrected chi connectivity index (χ0v) is 10.4. The molecule has 3 heteroatoms. The predicted molar refractivity (Wildman–Crippen MR) is 65.0 cm³/mol. The summed E-state index contributed by atoms with van der Waals surface area (Å²) < 4.78 is 6.50. The third-order valence-corrected chi connectivity index (χ3v) is 2.47. The lowest BCUT2D eigenvalue weighted by molar-refractivity contribution is 0.263. The highest BCUT2D eigenvalue weighted by Crippen LogP contribution is 2.23. The van der Waals surface area contributed by atoms with E-state index in [1.54, 1.807) is 0 Å². The van der Waals surface area contributed by atoms with Crippen LogP contribution >= 0.6 is 15.9 Å². The summed E-state index contributed by atoms with van der Waals surface area (Å²) in [4.78, 5) is 0. The van der Waals surface area contributed by atoms with Gasteiger partial charge in [0, 0.05) is 16.5 Å². The average Bonchev–Trinajstić information content (AvgIpc) is 2.19. The van der Waals surface area contributed by atoms with Gasteiger partial charge < -0.3 is 9.84 Å². The Morgan fingerprint density at radius 1 is 1.53 bits per heavy atom. The van der Waals surface area contributed by atoms with Crippen LogP contribution in [-0.4, -0.2) is 11.7 Å². The van der Waals surface area contributed by atoms with Crippen LogP contribution in [0.5, 0.6) is 5.75 Å². The van der Waals surface area contributed by atoms with E-state index in [1.165, 1.54) is 0 Å². The van der Waals surface area contributed by atoms with E-state index in [2.05, 4.69) is 22.5 Å². The molecule has 0 heterocycles. The second-order valence-electron chi connectivity index (χ2n) is 3.47. The van der Waals surface area contributed by atoms with Gasteiger partial charge in [-0.1, -0.05) is 21.5 Å². The van der Waals surface area contributed by atoms with Crippen molar-refractivity contribution in [1.29, 1.82) is 0 Å². The Balaban J connectivity index is 2.63. The largest absolute Gasteiger partial charge is 0.493 e. The van der Waals surface area contributed by atoms with Crippen LogP contribution < -0.4 is 4.74 Å². The fraction of sp³-hybridized carbons (Fsp3) is 0.333. The first-order valence-corrected chi connectivity index (χ1v) is 5.59. The van der Waals surface area contributed by atoms with Crippen molar-refractivity contribution in [3.05, 3.63) is 40.4 Å². The van der Waals surface area contributed by atoms with E-state index in [1.807, 2.05) is 25.1 Å². The van der Waals surface area contributed by atoms with E-state index < -0.39 is 0 Å². The van der Waals surface area contributed by atoms with Gasteiger partial charge in [-0.15, -0.1) is 6.58 Å². The number of rotatable bonds is 5. The van der Waals surface area contributed by atoms with Crippen LogP contribution in [0.2, 0.25) is 0 Å². The van der Waals surface area contributed by atoms with Crippen LogP contribution in [0, 0.1) is 0 Å². The number of aliphatic hydroxyl groups excluding tert-OH is 1. The molecule has 82 valence electrons. The molecule has 0 aliphatic heterocycles. The topological polar surface area (TPSA) is 29.5 Å². The Morgan fingerprint density at radius 3 is 2.87 bits per heavy atom. The molecule has 15 heavy (non-hydrogen) atoms. The van der Waals surface area contributed by atoms with Gasteiger partial charge in [0.1, 0.15) is 5.75 Å². The van der Waals surface area contributed by atoms with Crippen LogP contribution in [0.4, 0.5) is 0 Å². The molecule has 0 aliphatic carbocycles. The molecule has 1 rings (SSSR count). The van der Waals surface area contributed by atoms with Crippen molar-refractivity contribution in [3.63, 3.8) is 0 Å². The van der Waals surface area contributed by atoms with Gasteiger partial charge in [-0.3, -0.25) is 0 Å². The summed E-state index contributed by atoms with van der Waals surface area (Å²) >= 11 is 3.35. The molecule has 0 saturated heterocycles. The zero-order valence-electron chi connectivity index (χ0n) is 8.79. The first kappa shape index (κ1) is 12.3. The quantitative estimate of drug-likeness (QED) is 0.833. The second kappa shape index (κ2) is 5.93. The highest BCUT2D eigenvalue weighted by molar-refractivity contribution is 9.10. The minimum Gasteiger partial charge on any atom is -0.493 e. The molecule has 0 bridgehead atoms. The van der Waals surface area contributed by atoms with Gasteiger partial charge in [-0.05, 0) is 25.1 Å². The van der Waals surface area contributed by atoms with Crippen LogP contribution in [0.15, 0.2) is 34.8 Å². The summed E-state index contributed by atoms with van der Waals surface area (Å²) in [5, 5.41) is 9.13. The fourth-order valence-corrected chi connectivity index (χ4v) is 1.56. The molecule has 1 aromatic rings. The zero-order chi connectivity index (χ0) is 11.3. The second-order valence-corrected chi connectivity index (χ2v) is 4.38. The molecule has 0 aliphatic rings. The lowest BCUT2D eigenvalue weighted by Crippen LogP contribution is -2.00.